The van der Waals surface area contributed by atoms with Crippen molar-refractivity contribution in [1.82, 2.24) is 9.29 Å². The lowest BCUT2D eigenvalue weighted by atomic mass is 9.88. The van der Waals surface area contributed by atoms with Crippen LogP contribution in [-0.4, -0.2) is 13.0 Å². The largest absolute Gasteiger partial charge is 0.419 e. The topological polar surface area (TPSA) is 81.3 Å². The standard InChI is InChI=1S/C19H20N2O4S/c1-2-21-17-11-10-14(12-18(17)25-19(21)22)26(23,24)20-16-9-5-7-13-6-3-4-8-15(13)16/h3-4,6,8,10-12,16,20H,2,5,7,9H2,1H3/t16-/m1/s1. The van der Waals surface area contributed by atoms with Crippen LogP contribution in [-0.2, 0) is 23.0 Å². The van der Waals surface area contributed by atoms with E-state index in [1.807, 2.05) is 31.2 Å². The Morgan fingerprint density at radius 1 is 1.23 bits per heavy atom. The van der Waals surface area contributed by atoms with Gasteiger partial charge in [-0.1, -0.05) is 24.3 Å². The fourth-order valence-electron chi connectivity index (χ4n) is 3.64. The van der Waals surface area contributed by atoms with E-state index in [1.54, 1.807) is 6.07 Å². The Hall–Kier alpha value is -2.38. The molecule has 0 saturated carbocycles. The van der Waals surface area contributed by atoms with Gasteiger partial charge in [0.15, 0.2) is 5.58 Å². The molecule has 0 radical (unpaired) electrons. The molecule has 1 heterocycles. The third kappa shape index (κ3) is 2.87. The molecule has 3 aromatic rings. The molecule has 0 spiro atoms. The maximum Gasteiger partial charge on any atom is 0.419 e. The smallest absolute Gasteiger partial charge is 0.408 e. The summed E-state index contributed by atoms with van der Waals surface area (Å²) < 4.78 is 35.2. The Morgan fingerprint density at radius 3 is 2.85 bits per heavy atom. The summed E-state index contributed by atoms with van der Waals surface area (Å²) in [6, 6.07) is 12.2. The third-order valence-electron chi connectivity index (χ3n) is 4.93. The maximum absolute atomic E-state index is 12.9. The molecular weight excluding hydrogens is 352 g/mol. The highest BCUT2D eigenvalue weighted by molar-refractivity contribution is 7.89. The minimum Gasteiger partial charge on any atom is -0.408 e. The zero-order valence-electron chi connectivity index (χ0n) is 14.4. The number of hydrogen-bond donors (Lipinski definition) is 1. The molecule has 1 N–H and O–H groups in total. The lowest BCUT2D eigenvalue weighted by Crippen LogP contribution is -2.31. The maximum atomic E-state index is 12.9. The van der Waals surface area contributed by atoms with Gasteiger partial charge in [0.05, 0.1) is 10.4 Å². The monoisotopic (exact) mass is 372 g/mol. The van der Waals surface area contributed by atoms with Gasteiger partial charge in [0.2, 0.25) is 10.0 Å². The van der Waals surface area contributed by atoms with Crippen molar-refractivity contribution in [2.45, 2.75) is 43.7 Å². The highest BCUT2D eigenvalue weighted by atomic mass is 32.2. The highest BCUT2D eigenvalue weighted by Gasteiger charge is 2.26. The fraction of sp³-hybridized carbons (Fsp3) is 0.316. The lowest BCUT2D eigenvalue weighted by molar-refractivity contribution is 0.505. The molecule has 26 heavy (non-hydrogen) atoms. The molecule has 1 aromatic heterocycles. The van der Waals surface area contributed by atoms with Crippen LogP contribution in [0.2, 0.25) is 0 Å². The molecule has 4 rings (SSSR count). The van der Waals surface area contributed by atoms with Gasteiger partial charge < -0.3 is 4.42 Å². The molecule has 0 unspecified atom stereocenters. The predicted octanol–water partition coefficient (Wildman–Crippen LogP) is 2.97. The van der Waals surface area contributed by atoms with Crippen molar-refractivity contribution in [1.29, 1.82) is 0 Å². The molecule has 1 atom stereocenters. The number of aromatic nitrogens is 1. The van der Waals surface area contributed by atoms with Gasteiger partial charge in [0.1, 0.15) is 0 Å². The Labute approximate surface area is 151 Å². The van der Waals surface area contributed by atoms with Crippen LogP contribution in [0.5, 0.6) is 0 Å². The lowest BCUT2D eigenvalue weighted by Gasteiger charge is -2.26. The molecule has 6 nitrogen and oxygen atoms in total. The molecule has 0 fully saturated rings. The first kappa shape index (κ1) is 17.1. The van der Waals surface area contributed by atoms with Crippen LogP contribution in [0.25, 0.3) is 11.1 Å². The molecule has 0 saturated heterocycles. The van der Waals surface area contributed by atoms with Crippen LogP contribution in [0.1, 0.15) is 36.9 Å². The predicted molar refractivity (Wildman–Crippen MR) is 98.6 cm³/mol. The van der Waals surface area contributed by atoms with Gasteiger partial charge in [-0.2, -0.15) is 0 Å². The number of nitrogens with zero attached hydrogens (tertiary/aromatic N) is 1. The number of rotatable bonds is 4. The van der Waals surface area contributed by atoms with Crippen molar-refractivity contribution in [3.05, 3.63) is 64.1 Å². The van der Waals surface area contributed by atoms with Gasteiger partial charge in [-0.05, 0) is 49.4 Å². The molecule has 0 bridgehead atoms. The van der Waals surface area contributed by atoms with E-state index in [1.165, 1.54) is 22.3 Å². The molecule has 1 aliphatic carbocycles. The summed E-state index contributed by atoms with van der Waals surface area (Å²) in [4.78, 5) is 11.9. The van der Waals surface area contributed by atoms with Crippen molar-refractivity contribution in [3.63, 3.8) is 0 Å². The SMILES string of the molecule is CCn1c(=O)oc2cc(S(=O)(=O)N[C@@H]3CCCc4ccccc43)ccc21. The van der Waals surface area contributed by atoms with Crippen LogP contribution in [0.3, 0.4) is 0 Å². The molecule has 0 aliphatic heterocycles. The summed E-state index contributed by atoms with van der Waals surface area (Å²) >= 11 is 0. The minimum absolute atomic E-state index is 0.102. The molecule has 7 heteroatoms. The first-order valence-electron chi connectivity index (χ1n) is 8.73. The van der Waals surface area contributed by atoms with Crippen LogP contribution in [0.15, 0.2) is 56.6 Å². The van der Waals surface area contributed by atoms with Crippen molar-refractivity contribution in [2.24, 2.45) is 0 Å². The van der Waals surface area contributed by atoms with Crippen molar-refractivity contribution in [2.75, 3.05) is 0 Å². The molecule has 0 amide bonds. The second-order valence-electron chi connectivity index (χ2n) is 6.51. The first-order chi connectivity index (χ1) is 12.5. The first-order valence-corrected chi connectivity index (χ1v) is 10.2. The van der Waals surface area contributed by atoms with Crippen LogP contribution in [0.4, 0.5) is 0 Å². The number of aryl methyl sites for hydroxylation is 2. The van der Waals surface area contributed by atoms with E-state index in [0.717, 1.165) is 24.8 Å². The summed E-state index contributed by atoms with van der Waals surface area (Å²) in [6.45, 7) is 2.30. The van der Waals surface area contributed by atoms with E-state index in [2.05, 4.69) is 4.72 Å². The van der Waals surface area contributed by atoms with Gasteiger partial charge >= 0.3 is 5.76 Å². The van der Waals surface area contributed by atoms with Crippen molar-refractivity contribution < 1.29 is 12.8 Å². The average Bonchev–Trinajstić information content (AvgIpc) is 2.96. The zero-order chi connectivity index (χ0) is 18.3. The number of hydrogen-bond acceptors (Lipinski definition) is 4. The van der Waals surface area contributed by atoms with Gasteiger partial charge in [-0.3, -0.25) is 4.57 Å². The number of sulfonamides is 1. The summed E-state index contributed by atoms with van der Waals surface area (Å²) in [5.41, 5.74) is 3.10. The van der Waals surface area contributed by atoms with Crippen LogP contribution >= 0.6 is 0 Å². The van der Waals surface area contributed by atoms with Gasteiger partial charge in [-0.15, -0.1) is 0 Å². The molecule has 136 valence electrons. The highest BCUT2D eigenvalue weighted by Crippen LogP contribution is 2.31. The van der Waals surface area contributed by atoms with E-state index in [0.29, 0.717) is 12.1 Å². The van der Waals surface area contributed by atoms with Gasteiger partial charge in [-0.25, -0.2) is 17.9 Å². The van der Waals surface area contributed by atoms with Crippen molar-refractivity contribution in [3.8, 4) is 0 Å². The Balaban J connectivity index is 1.69. The Bertz CT molecular complexity index is 1130. The normalized spacial score (nSPS) is 17.3. The van der Waals surface area contributed by atoms with Gasteiger partial charge in [0, 0.05) is 18.7 Å². The van der Waals surface area contributed by atoms with Crippen LogP contribution < -0.4 is 10.5 Å². The summed E-state index contributed by atoms with van der Waals surface area (Å²) in [7, 11) is -3.73. The van der Waals surface area contributed by atoms with Crippen molar-refractivity contribution >= 4 is 21.1 Å². The van der Waals surface area contributed by atoms with Crippen LogP contribution in [0, 0.1) is 0 Å². The molecular formula is C19H20N2O4S. The molecule has 1 aliphatic rings. The van der Waals surface area contributed by atoms with E-state index in [-0.39, 0.29) is 16.5 Å². The van der Waals surface area contributed by atoms with E-state index in [9.17, 15) is 13.2 Å². The van der Waals surface area contributed by atoms with E-state index in [4.69, 9.17) is 4.42 Å². The number of benzene rings is 2. The minimum atomic E-state index is -3.73. The molecule has 2 aromatic carbocycles. The van der Waals surface area contributed by atoms with Gasteiger partial charge in [0.25, 0.3) is 0 Å². The number of nitrogens with one attached hydrogen (secondary N) is 1. The zero-order valence-corrected chi connectivity index (χ0v) is 15.3. The number of fused-ring (bicyclic) bond motifs is 2. The Morgan fingerprint density at radius 2 is 2.04 bits per heavy atom. The Kier molecular flexibility index (Phi) is 4.20. The third-order valence-corrected chi connectivity index (χ3v) is 6.40. The average molecular weight is 372 g/mol. The summed E-state index contributed by atoms with van der Waals surface area (Å²) in [5, 5.41) is 0. The quantitative estimate of drug-likeness (QED) is 0.763. The summed E-state index contributed by atoms with van der Waals surface area (Å²) in [6.07, 6.45) is 2.67. The number of oxazole rings is 1. The van der Waals surface area contributed by atoms with E-state index < -0.39 is 15.8 Å². The second kappa shape index (κ2) is 6.41. The second-order valence-corrected chi connectivity index (χ2v) is 8.22. The summed E-state index contributed by atoms with van der Waals surface area (Å²) in [5.74, 6) is -0.480. The van der Waals surface area contributed by atoms with E-state index >= 15 is 0 Å². The fourth-order valence-corrected chi connectivity index (χ4v) is 4.91.